The van der Waals surface area contributed by atoms with Crippen molar-refractivity contribution in [2.24, 2.45) is 0 Å². The first-order chi connectivity index (χ1) is 24.8. The van der Waals surface area contributed by atoms with Crippen LogP contribution in [0.4, 0.5) is 28.4 Å². The van der Waals surface area contributed by atoms with E-state index >= 15 is 0 Å². The second kappa shape index (κ2) is 11.6. The number of hydrogen-bond acceptors (Lipinski definition) is 3. The van der Waals surface area contributed by atoms with Crippen molar-refractivity contribution in [1.29, 1.82) is 0 Å². The second-order valence-electron chi connectivity index (χ2n) is 13.2. The zero-order chi connectivity index (χ0) is 33.0. The molecule has 50 heavy (non-hydrogen) atoms. The molecule has 0 saturated heterocycles. The molecule has 2 aliphatic heterocycles. The van der Waals surface area contributed by atoms with Gasteiger partial charge in [-0.25, -0.2) is 0 Å². The van der Waals surface area contributed by atoms with E-state index in [1.54, 1.807) is 0 Å². The van der Waals surface area contributed by atoms with Crippen molar-refractivity contribution in [3.63, 3.8) is 0 Å². The molecule has 0 bridgehead atoms. The Kier molecular flexibility index (Phi) is 6.63. The second-order valence-corrected chi connectivity index (χ2v) is 13.2. The molecule has 0 radical (unpaired) electrons. The molecule has 0 fully saturated rings. The van der Waals surface area contributed by atoms with Crippen LogP contribution in [-0.4, -0.2) is 4.98 Å². The Balaban J connectivity index is 1.20. The lowest BCUT2D eigenvalue weighted by atomic mass is 9.84. The number of anilines is 5. The Hall–Kier alpha value is -6.45. The van der Waals surface area contributed by atoms with Gasteiger partial charge in [0.05, 0.1) is 29.3 Å². The van der Waals surface area contributed by atoms with E-state index in [1.165, 1.54) is 66.9 Å². The zero-order valence-electron chi connectivity index (χ0n) is 27.4. The molecular formula is C47H33N3. The third-order valence-electron chi connectivity index (χ3n) is 10.4. The van der Waals surface area contributed by atoms with Gasteiger partial charge in [0.2, 0.25) is 0 Å². The number of rotatable bonds is 4. The predicted octanol–water partition coefficient (Wildman–Crippen LogP) is 12.4. The maximum atomic E-state index is 4.88. The van der Waals surface area contributed by atoms with Crippen molar-refractivity contribution in [1.82, 2.24) is 4.98 Å². The van der Waals surface area contributed by atoms with Crippen LogP contribution in [0.3, 0.4) is 0 Å². The minimum atomic E-state index is 0.0370. The van der Waals surface area contributed by atoms with Crippen LogP contribution < -0.4 is 9.80 Å². The van der Waals surface area contributed by atoms with E-state index in [4.69, 9.17) is 4.98 Å². The van der Waals surface area contributed by atoms with Crippen LogP contribution in [0.5, 0.6) is 0 Å². The first-order valence-electron chi connectivity index (χ1n) is 17.3. The molecule has 2 unspecified atom stereocenters. The summed E-state index contributed by atoms with van der Waals surface area (Å²) < 4.78 is 0. The van der Waals surface area contributed by atoms with Crippen molar-refractivity contribution in [2.75, 3.05) is 9.80 Å². The molecule has 0 N–H and O–H groups in total. The third kappa shape index (κ3) is 4.48. The van der Waals surface area contributed by atoms with Gasteiger partial charge >= 0.3 is 0 Å². The Morgan fingerprint density at radius 1 is 0.420 bits per heavy atom. The summed E-state index contributed by atoms with van der Waals surface area (Å²) in [6, 6.07) is 64.1. The van der Waals surface area contributed by atoms with Gasteiger partial charge in [0.15, 0.2) is 0 Å². The largest absolute Gasteiger partial charge is 0.333 e. The fourth-order valence-electron chi connectivity index (χ4n) is 8.34. The third-order valence-corrected chi connectivity index (χ3v) is 10.4. The van der Waals surface area contributed by atoms with Crippen molar-refractivity contribution in [3.8, 4) is 22.3 Å². The monoisotopic (exact) mass is 639 g/mol. The number of fused-ring (bicyclic) bond motifs is 8. The fraction of sp³-hybridized carbons (Fsp3) is 0.0426. The van der Waals surface area contributed by atoms with Crippen LogP contribution in [-0.2, 0) is 0 Å². The molecule has 2 atom stereocenters. The molecule has 0 spiro atoms. The molecular weight excluding hydrogens is 607 g/mol. The number of hydrogen-bond donors (Lipinski definition) is 0. The smallest absolute Gasteiger partial charge is 0.0722 e. The van der Waals surface area contributed by atoms with Gasteiger partial charge in [-0.15, -0.1) is 0 Å². The van der Waals surface area contributed by atoms with Crippen LogP contribution in [0.25, 0.3) is 33.0 Å². The van der Waals surface area contributed by atoms with E-state index < -0.39 is 0 Å². The van der Waals surface area contributed by atoms with Crippen LogP contribution >= 0.6 is 0 Å². The Bertz CT molecular complexity index is 2530. The lowest BCUT2D eigenvalue weighted by Gasteiger charge is -2.32. The summed E-state index contributed by atoms with van der Waals surface area (Å²) in [5.74, 6) is 0.114. The molecule has 0 amide bonds. The molecule has 0 saturated carbocycles. The Morgan fingerprint density at radius 3 is 1.86 bits per heavy atom. The maximum absolute atomic E-state index is 4.88. The van der Waals surface area contributed by atoms with E-state index in [2.05, 4.69) is 186 Å². The van der Waals surface area contributed by atoms with Crippen molar-refractivity contribution < 1.29 is 0 Å². The lowest BCUT2D eigenvalue weighted by molar-refractivity contribution is 0.665. The number of aromatic nitrogens is 1. The molecule has 10 rings (SSSR count). The van der Waals surface area contributed by atoms with E-state index in [1.807, 2.05) is 12.4 Å². The zero-order valence-corrected chi connectivity index (χ0v) is 27.4. The van der Waals surface area contributed by atoms with Crippen LogP contribution in [0.1, 0.15) is 28.7 Å². The maximum Gasteiger partial charge on any atom is 0.0722 e. The summed E-state index contributed by atoms with van der Waals surface area (Å²) >= 11 is 0. The molecule has 1 aromatic heterocycles. The molecule has 0 aliphatic carbocycles. The van der Waals surface area contributed by atoms with E-state index in [-0.39, 0.29) is 12.0 Å². The van der Waals surface area contributed by atoms with Crippen molar-refractivity contribution in [3.05, 3.63) is 205 Å². The van der Waals surface area contributed by atoms with E-state index in [0.717, 1.165) is 11.3 Å². The molecule has 7 aromatic carbocycles. The number of nitrogens with zero attached hydrogens (tertiary/aromatic N) is 3. The molecule has 3 heterocycles. The van der Waals surface area contributed by atoms with Gasteiger partial charge in [-0.2, -0.15) is 0 Å². The van der Waals surface area contributed by atoms with Crippen LogP contribution in [0.2, 0.25) is 0 Å². The normalized spacial score (nSPS) is 15.9. The van der Waals surface area contributed by atoms with Gasteiger partial charge < -0.3 is 9.80 Å². The minimum absolute atomic E-state index is 0.0370. The summed E-state index contributed by atoms with van der Waals surface area (Å²) in [4.78, 5) is 9.89. The molecule has 8 aromatic rings. The Morgan fingerprint density at radius 2 is 1.02 bits per heavy atom. The van der Waals surface area contributed by atoms with Gasteiger partial charge in [0.25, 0.3) is 0 Å². The topological polar surface area (TPSA) is 19.4 Å². The molecule has 236 valence electrons. The van der Waals surface area contributed by atoms with Gasteiger partial charge in [0.1, 0.15) is 0 Å². The molecule has 3 heteroatoms. The van der Waals surface area contributed by atoms with Crippen molar-refractivity contribution >= 4 is 39.2 Å². The number of para-hydroxylation sites is 3. The highest BCUT2D eigenvalue weighted by molar-refractivity contribution is 5.97. The first kappa shape index (κ1) is 28.6. The van der Waals surface area contributed by atoms with Gasteiger partial charge in [0, 0.05) is 29.1 Å². The number of pyridine rings is 1. The van der Waals surface area contributed by atoms with E-state index in [0.29, 0.717) is 0 Å². The first-order valence-corrected chi connectivity index (χ1v) is 17.3. The van der Waals surface area contributed by atoms with Crippen LogP contribution in [0, 0.1) is 0 Å². The van der Waals surface area contributed by atoms with Gasteiger partial charge in [-0.05, 0) is 80.6 Å². The number of benzene rings is 7. The van der Waals surface area contributed by atoms with Crippen LogP contribution in [0.15, 0.2) is 188 Å². The summed E-state index contributed by atoms with van der Waals surface area (Å²) in [6.45, 7) is 0. The molecule has 3 nitrogen and oxygen atoms in total. The highest BCUT2D eigenvalue weighted by Gasteiger charge is 2.45. The quantitative estimate of drug-likeness (QED) is 0.191. The average molecular weight is 640 g/mol. The fourth-order valence-corrected chi connectivity index (χ4v) is 8.34. The summed E-state index contributed by atoms with van der Waals surface area (Å²) in [5.41, 5.74) is 14.5. The summed E-state index contributed by atoms with van der Waals surface area (Å²) in [7, 11) is 0. The summed E-state index contributed by atoms with van der Waals surface area (Å²) in [5, 5.41) is 2.45. The SMILES string of the molecule is c1ccc(-c2cccc(N3c4ccccc4C4c5ccccc5N(c5cncc(-c6cccc7ccccc67)c5)c5ccccc5C43)c2)cc1. The molecule has 2 aliphatic rings. The standard InChI is InChI=1S/C47H33N3/c1-2-14-32(15-3-1)34-18-12-19-36(28-34)50-44-26-10-7-22-41(44)46-40-21-6-9-25-43(40)49(45-27-11-8-23-42(45)47(46)50)37-29-35(30-48-31-37)39-24-13-17-33-16-4-5-20-38(33)39/h1-31,46-47H. The Labute approximate surface area is 292 Å². The van der Waals surface area contributed by atoms with Gasteiger partial charge in [-0.1, -0.05) is 140 Å². The minimum Gasteiger partial charge on any atom is -0.333 e. The highest BCUT2D eigenvalue weighted by atomic mass is 15.2. The lowest BCUT2D eigenvalue weighted by Crippen LogP contribution is -2.22. The average Bonchev–Trinajstić information content (AvgIpc) is 3.47. The van der Waals surface area contributed by atoms with Crippen molar-refractivity contribution in [2.45, 2.75) is 12.0 Å². The summed E-state index contributed by atoms with van der Waals surface area (Å²) in [6.07, 6.45) is 4.01. The van der Waals surface area contributed by atoms with Gasteiger partial charge in [-0.3, -0.25) is 4.98 Å². The van der Waals surface area contributed by atoms with E-state index in [9.17, 15) is 0 Å². The predicted molar refractivity (Wildman–Crippen MR) is 207 cm³/mol. The highest BCUT2D eigenvalue weighted by Crippen LogP contribution is 2.61.